The molecule has 5 heteroatoms. The number of para-hydroxylation sites is 3. The quantitative estimate of drug-likeness (QED) is 0.204. The molecular formula is C38H38N2O3. The largest absolute Gasteiger partial charge is 0.489 e. The fourth-order valence-electron chi connectivity index (χ4n) is 6.34. The maximum Gasteiger partial charge on any atom is 0.227 e. The van der Waals surface area contributed by atoms with Gasteiger partial charge in [-0.1, -0.05) is 111 Å². The summed E-state index contributed by atoms with van der Waals surface area (Å²) < 4.78 is 6.44. The first-order valence-electron chi connectivity index (χ1n) is 15.4. The van der Waals surface area contributed by atoms with E-state index in [2.05, 4.69) is 24.4 Å². The molecule has 1 heterocycles. The molecule has 1 aliphatic carbocycles. The van der Waals surface area contributed by atoms with Crippen LogP contribution in [0.25, 0.3) is 0 Å². The molecule has 4 aromatic carbocycles. The van der Waals surface area contributed by atoms with E-state index >= 15 is 0 Å². The normalized spacial score (nSPS) is 17.9. The van der Waals surface area contributed by atoms with Crippen LogP contribution in [0.15, 0.2) is 120 Å². The van der Waals surface area contributed by atoms with Gasteiger partial charge in [0.15, 0.2) is 5.78 Å². The van der Waals surface area contributed by atoms with E-state index in [-0.39, 0.29) is 17.6 Å². The molecule has 1 amide bonds. The fourth-order valence-corrected chi connectivity index (χ4v) is 6.34. The van der Waals surface area contributed by atoms with Crippen molar-refractivity contribution in [3.05, 3.63) is 137 Å². The van der Waals surface area contributed by atoms with Gasteiger partial charge < -0.3 is 10.1 Å². The minimum atomic E-state index is -0.614. The number of carbonyl (C=O) groups excluding carboxylic acids is 2. The predicted octanol–water partition coefficient (Wildman–Crippen LogP) is 8.75. The molecule has 1 aliphatic heterocycles. The molecule has 218 valence electrons. The highest BCUT2D eigenvalue weighted by molar-refractivity contribution is 6.06. The smallest absolute Gasteiger partial charge is 0.227 e. The van der Waals surface area contributed by atoms with Gasteiger partial charge in [0.2, 0.25) is 5.91 Å². The molecule has 6 rings (SSSR count). The fraction of sp³-hybridized carbons (Fsp3) is 0.263. The number of benzene rings is 4. The molecule has 2 aliphatic rings. The van der Waals surface area contributed by atoms with Crippen LogP contribution in [0, 0.1) is 0 Å². The molecule has 0 fully saturated rings. The molecule has 0 aromatic heterocycles. The van der Waals surface area contributed by atoms with Gasteiger partial charge in [-0.2, -0.15) is 0 Å². The number of amides is 1. The number of nitrogens with zero attached hydrogens (tertiary/aromatic N) is 1. The van der Waals surface area contributed by atoms with Crippen LogP contribution in [0.5, 0.6) is 5.75 Å². The van der Waals surface area contributed by atoms with Gasteiger partial charge >= 0.3 is 0 Å². The lowest BCUT2D eigenvalue weighted by Gasteiger charge is -2.36. The van der Waals surface area contributed by atoms with Crippen molar-refractivity contribution in [2.24, 2.45) is 0 Å². The number of anilines is 2. The Bertz CT molecular complexity index is 1610. The van der Waals surface area contributed by atoms with Crippen LogP contribution in [0.4, 0.5) is 11.4 Å². The standard InChI is InChI=1S/C38H38N2O3/c1-2-3-6-23-36(42)40-33-21-13-12-20-31(33)39-32-24-29(28-17-9-5-10-18-28)25-34(41)37(32)38(40)30-19-11-14-22-35(30)43-26-27-15-7-4-8-16-27/h4-5,7-22,29,38-39H,2-3,6,23-26H2,1H3/t29-,38-/m0/s1. The Balaban J connectivity index is 1.49. The zero-order valence-electron chi connectivity index (χ0n) is 24.7. The highest BCUT2D eigenvalue weighted by Crippen LogP contribution is 2.49. The summed E-state index contributed by atoms with van der Waals surface area (Å²) in [7, 11) is 0. The Kier molecular flexibility index (Phi) is 8.69. The summed E-state index contributed by atoms with van der Waals surface area (Å²) in [5.41, 5.74) is 6.18. The van der Waals surface area contributed by atoms with Gasteiger partial charge in [-0.05, 0) is 48.1 Å². The molecule has 0 bridgehead atoms. The number of ketones is 1. The highest BCUT2D eigenvalue weighted by Gasteiger charge is 2.42. The average molecular weight is 571 g/mol. The summed E-state index contributed by atoms with van der Waals surface area (Å²) in [6.45, 7) is 2.53. The number of carbonyl (C=O) groups is 2. The molecule has 1 N–H and O–H groups in total. The molecule has 0 spiro atoms. The summed E-state index contributed by atoms with van der Waals surface area (Å²) in [6, 6.07) is 35.5. The van der Waals surface area contributed by atoms with Crippen molar-refractivity contribution in [3.8, 4) is 5.75 Å². The first kappa shape index (κ1) is 28.5. The second-order valence-electron chi connectivity index (χ2n) is 11.4. The molecule has 0 saturated carbocycles. The second kappa shape index (κ2) is 13.1. The third-order valence-corrected chi connectivity index (χ3v) is 8.47. The van der Waals surface area contributed by atoms with E-state index in [0.29, 0.717) is 37.2 Å². The van der Waals surface area contributed by atoms with Crippen LogP contribution in [-0.2, 0) is 16.2 Å². The monoisotopic (exact) mass is 570 g/mol. The molecule has 2 atom stereocenters. The third kappa shape index (κ3) is 6.12. The number of rotatable bonds is 9. The summed E-state index contributed by atoms with van der Waals surface area (Å²) in [5.74, 6) is 0.804. The van der Waals surface area contributed by atoms with E-state index in [9.17, 15) is 9.59 Å². The van der Waals surface area contributed by atoms with Crippen molar-refractivity contribution in [2.45, 2.75) is 64.0 Å². The predicted molar refractivity (Wildman–Crippen MR) is 172 cm³/mol. The van der Waals surface area contributed by atoms with Gasteiger partial charge in [0.25, 0.3) is 0 Å². The minimum Gasteiger partial charge on any atom is -0.489 e. The zero-order valence-corrected chi connectivity index (χ0v) is 24.7. The van der Waals surface area contributed by atoms with Crippen molar-refractivity contribution >= 4 is 23.1 Å². The highest BCUT2D eigenvalue weighted by atomic mass is 16.5. The number of fused-ring (bicyclic) bond motifs is 1. The second-order valence-corrected chi connectivity index (χ2v) is 11.4. The molecule has 4 aromatic rings. The topological polar surface area (TPSA) is 58.6 Å². The maximum absolute atomic E-state index is 14.3. The minimum absolute atomic E-state index is 0.0114. The lowest BCUT2D eigenvalue weighted by molar-refractivity contribution is -0.119. The Labute approximate surface area is 254 Å². The van der Waals surface area contributed by atoms with Gasteiger partial charge in [-0.25, -0.2) is 0 Å². The van der Waals surface area contributed by atoms with E-state index < -0.39 is 6.04 Å². The van der Waals surface area contributed by atoms with E-state index in [0.717, 1.165) is 53.0 Å². The molecule has 0 unspecified atom stereocenters. The Morgan fingerprint density at radius 2 is 1.53 bits per heavy atom. The first-order chi connectivity index (χ1) is 21.1. The Hall–Kier alpha value is -4.64. The SMILES string of the molecule is CCCCCC(=O)N1c2ccccc2NC2=C(C(=O)C[C@@H](c3ccccc3)C2)[C@@H]1c1ccccc1OCc1ccccc1. The third-order valence-electron chi connectivity index (χ3n) is 8.47. The van der Waals surface area contributed by atoms with Crippen molar-refractivity contribution in [1.82, 2.24) is 0 Å². The van der Waals surface area contributed by atoms with Crippen LogP contribution >= 0.6 is 0 Å². The molecule has 0 saturated heterocycles. The lowest BCUT2D eigenvalue weighted by Crippen LogP contribution is -2.38. The summed E-state index contributed by atoms with van der Waals surface area (Å²) >= 11 is 0. The number of allylic oxidation sites excluding steroid dienone is 1. The number of unbranched alkanes of at least 4 members (excludes halogenated alkanes) is 2. The number of ether oxygens (including phenoxy) is 1. The van der Waals surface area contributed by atoms with E-state index in [1.165, 1.54) is 0 Å². The average Bonchev–Trinajstić information content (AvgIpc) is 3.19. The molecule has 0 radical (unpaired) electrons. The van der Waals surface area contributed by atoms with Crippen molar-refractivity contribution in [3.63, 3.8) is 0 Å². The number of Topliss-reactive ketones (excluding diaryl/α,β-unsaturated/α-hetero) is 1. The summed E-state index contributed by atoms with van der Waals surface area (Å²) in [5, 5.41) is 3.64. The van der Waals surface area contributed by atoms with Crippen LogP contribution in [0.3, 0.4) is 0 Å². The van der Waals surface area contributed by atoms with Gasteiger partial charge in [0.05, 0.1) is 17.4 Å². The van der Waals surface area contributed by atoms with E-state index in [1.807, 2.05) is 102 Å². The Morgan fingerprint density at radius 1 is 0.837 bits per heavy atom. The van der Waals surface area contributed by atoms with Crippen LogP contribution in [-0.4, -0.2) is 11.7 Å². The van der Waals surface area contributed by atoms with Crippen molar-refractivity contribution in [1.29, 1.82) is 0 Å². The lowest BCUT2D eigenvalue weighted by atomic mass is 9.78. The van der Waals surface area contributed by atoms with E-state index in [1.54, 1.807) is 0 Å². The number of nitrogens with one attached hydrogen (secondary N) is 1. The van der Waals surface area contributed by atoms with Crippen LogP contribution in [0.1, 0.15) is 74.1 Å². The first-order valence-corrected chi connectivity index (χ1v) is 15.4. The van der Waals surface area contributed by atoms with Gasteiger partial charge in [0.1, 0.15) is 12.4 Å². The summed E-state index contributed by atoms with van der Waals surface area (Å²) in [4.78, 5) is 30.5. The van der Waals surface area contributed by atoms with Crippen molar-refractivity contribution in [2.75, 3.05) is 10.2 Å². The van der Waals surface area contributed by atoms with Gasteiger partial charge in [-0.3, -0.25) is 14.5 Å². The van der Waals surface area contributed by atoms with Crippen LogP contribution < -0.4 is 15.0 Å². The summed E-state index contributed by atoms with van der Waals surface area (Å²) in [6.07, 6.45) is 4.29. The molecule has 5 nitrogen and oxygen atoms in total. The number of hydrogen-bond donors (Lipinski definition) is 1. The van der Waals surface area contributed by atoms with Crippen LogP contribution in [0.2, 0.25) is 0 Å². The number of hydrogen-bond acceptors (Lipinski definition) is 4. The van der Waals surface area contributed by atoms with E-state index in [4.69, 9.17) is 4.74 Å². The van der Waals surface area contributed by atoms with Gasteiger partial charge in [0, 0.05) is 29.7 Å². The maximum atomic E-state index is 14.3. The van der Waals surface area contributed by atoms with Crippen molar-refractivity contribution < 1.29 is 14.3 Å². The van der Waals surface area contributed by atoms with Gasteiger partial charge in [-0.15, -0.1) is 0 Å². The Morgan fingerprint density at radius 3 is 2.33 bits per heavy atom. The zero-order chi connectivity index (χ0) is 29.6. The molecule has 43 heavy (non-hydrogen) atoms. The molecular weight excluding hydrogens is 532 g/mol.